The maximum Gasteiger partial charge on any atom is 0.307 e. The maximum absolute atomic E-state index is 12.2. The lowest BCUT2D eigenvalue weighted by atomic mass is 10.1. The van der Waals surface area contributed by atoms with E-state index in [1.807, 2.05) is 13.0 Å². The van der Waals surface area contributed by atoms with Crippen molar-refractivity contribution in [3.8, 4) is 5.75 Å². The van der Waals surface area contributed by atoms with Crippen LogP contribution in [0.5, 0.6) is 5.75 Å². The number of rotatable bonds is 5. The minimum atomic E-state index is -0.923. The Kier molecular flexibility index (Phi) is 3.70. The second kappa shape index (κ2) is 5.15. The Morgan fingerprint density at radius 1 is 1.30 bits per heavy atom. The molecule has 0 saturated heterocycles. The van der Waals surface area contributed by atoms with Crippen molar-refractivity contribution in [2.24, 2.45) is 17.3 Å². The number of benzene rings is 1. The Morgan fingerprint density at radius 2 is 1.95 bits per heavy atom. The molecule has 1 aliphatic carbocycles. The van der Waals surface area contributed by atoms with E-state index in [1.54, 1.807) is 32.0 Å². The summed E-state index contributed by atoms with van der Waals surface area (Å²) in [4.78, 5) is 23.3. The summed E-state index contributed by atoms with van der Waals surface area (Å²) in [6.07, 6.45) is 0. The van der Waals surface area contributed by atoms with Gasteiger partial charge in [-0.3, -0.25) is 9.59 Å². The molecule has 5 heteroatoms. The fourth-order valence-corrected chi connectivity index (χ4v) is 2.65. The van der Waals surface area contributed by atoms with Crippen molar-refractivity contribution in [2.75, 3.05) is 11.9 Å². The number of carboxylic acids is 1. The van der Waals surface area contributed by atoms with Crippen LogP contribution in [0.4, 0.5) is 5.69 Å². The molecular formula is C15H19NO4. The van der Waals surface area contributed by atoms with Gasteiger partial charge in [-0.2, -0.15) is 0 Å². The molecule has 5 nitrogen and oxygen atoms in total. The lowest BCUT2D eigenvalue weighted by Crippen LogP contribution is -2.18. The van der Waals surface area contributed by atoms with Gasteiger partial charge >= 0.3 is 5.97 Å². The quantitative estimate of drug-likeness (QED) is 0.866. The molecule has 2 unspecified atom stereocenters. The molecule has 0 heterocycles. The maximum atomic E-state index is 12.2. The number of nitrogens with one attached hydrogen (secondary N) is 1. The van der Waals surface area contributed by atoms with Gasteiger partial charge in [0.2, 0.25) is 5.91 Å². The van der Waals surface area contributed by atoms with Gasteiger partial charge in [-0.15, -0.1) is 0 Å². The van der Waals surface area contributed by atoms with Gasteiger partial charge in [0, 0.05) is 0 Å². The summed E-state index contributed by atoms with van der Waals surface area (Å²) in [6, 6.07) is 7.13. The van der Waals surface area contributed by atoms with Gasteiger partial charge in [-0.1, -0.05) is 26.0 Å². The number of anilines is 1. The van der Waals surface area contributed by atoms with E-state index in [4.69, 9.17) is 9.84 Å². The highest BCUT2D eigenvalue weighted by molar-refractivity contribution is 6.00. The Hall–Kier alpha value is -2.04. The van der Waals surface area contributed by atoms with E-state index in [0.717, 1.165) is 0 Å². The molecule has 0 aliphatic heterocycles. The fraction of sp³-hybridized carbons (Fsp3) is 0.467. The summed E-state index contributed by atoms with van der Waals surface area (Å²) < 4.78 is 5.43. The lowest BCUT2D eigenvalue weighted by Gasteiger charge is -2.11. The van der Waals surface area contributed by atoms with Crippen molar-refractivity contribution in [3.63, 3.8) is 0 Å². The number of aliphatic carboxylic acids is 1. The highest BCUT2D eigenvalue weighted by Crippen LogP contribution is 2.58. The minimum absolute atomic E-state index is 0.269. The van der Waals surface area contributed by atoms with Crippen LogP contribution >= 0.6 is 0 Å². The molecule has 1 aromatic carbocycles. The molecule has 1 aromatic rings. The second-order valence-corrected chi connectivity index (χ2v) is 5.53. The topological polar surface area (TPSA) is 75.6 Å². The molecule has 0 bridgehead atoms. The van der Waals surface area contributed by atoms with E-state index in [2.05, 4.69) is 5.32 Å². The van der Waals surface area contributed by atoms with Crippen LogP contribution in [0.15, 0.2) is 24.3 Å². The Morgan fingerprint density at radius 3 is 2.50 bits per heavy atom. The first kappa shape index (κ1) is 14.4. The summed E-state index contributed by atoms with van der Waals surface area (Å²) in [6.45, 7) is 5.96. The smallest absolute Gasteiger partial charge is 0.307 e. The predicted molar refractivity (Wildman–Crippen MR) is 74.6 cm³/mol. The number of carbonyl (C=O) groups excluding carboxylic acids is 1. The van der Waals surface area contributed by atoms with Gasteiger partial charge in [0.25, 0.3) is 0 Å². The first-order valence-corrected chi connectivity index (χ1v) is 6.65. The van der Waals surface area contributed by atoms with E-state index in [1.165, 1.54) is 0 Å². The fourth-order valence-electron chi connectivity index (χ4n) is 2.65. The highest BCUT2D eigenvalue weighted by Gasteiger charge is 2.65. The van der Waals surface area contributed by atoms with Crippen molar-refractivity contribution in [2.45, 2.75) is 20.8 Å². The first-order valence-electron chi connectivity index (χ1n) is 6.65. The Labute approximate surface area is 117 Å². The highest BCUT2D eigenvalue weighted by atomic mass is 16.5. The predicted octanol–water partition coefficient (Wildman–Crippen LogP) is 2.38. The molecule has 2 atom stereocenters. The van der Waals surface area contributed by atoms with Crippen LogP contribution in [-0.4, -0.2) is 23.6 Å². The summed E-state index contributed by atoms with van der Waals surface area (Å²) in [5.74, 6) is -1.73. The van der Waals surface area contributed by atoms with Gasteiger partial charge in [0.05, 0.1) is 24.1 Å². The van der Waals surface area contributed by atoms with E-state index >= 15 is 0 Å². The third-order valence-corrected chi connectivity index (χ3v) is 3.82. The first-order chi connectivity index (χ1) is 9.39. The van der Waals surface area contributed by atoms with Crippen molar-refractivity contribution in [1.82, 2.24) is 0 Å². The van der Waals surface area contributed by atoms with E-state index in [9.17, 15) is 9.59 Å². The van der Waals surface area contributed by atoms with Gasteiger partial charge in [0.15, 0.2) is 0 Å². The van der Waals surface area contributed by atoms with Crippen LogP contribution in [0.1, 0.15) is 20.8 Å². The SMILES string of the molecule is CCOc1ccccc1NC(=O)C1C(C(=O)O)C1(C)C. The van der Waals surface area contributed by atoms with Crippen LogP contribution in [0.25, 0.3) is 0 Å². The summed E-state index contributed by atoms with van der Waals surface area (Å²) in [5.41, 5.74) is 0.0717. The van der Waals surface area contributed by atoms with Crippen molar-refractivity contribution >= 4 is 17.6 Å². The number of hydrogen-bond donors (Lipinski definition) is 2. The number of hydrogen-bond acceptors (Lipinski definition) is 3. The molecule has 0 aromatic heterocycles. The summed E-state index contributed by atoms with van der Waals surface area (Å²) in [7, 11) is 0. The van der Waals surface area contributed by atoms with Gasteiger partial charge in [0.1, 0.15) is 5.75 Å². The lowest BCUT2D eigenvalue weighted by molar-refractivity contribution is -0.140. The number of para-hydroxylation sites is 2. The normalized spacial score (nSPS) is 22.9. The van der Waals surface area contributed by atoms with Crippen LogP contribution in [0.2, 0.25) is 0 Å². The van der Waals surface area contributed by atoms with E-state index in [0.29, 0.717) is 18.0 Å². The molecule has 1 aliphatic rings. The summed E-state index contributed by atoms with van der Waals surface area (Å²) >= 11 is 0. The third kappa shape index (κ3) is 2.48. The summed E-state index contributed by atoms with van der Waals surface area (Å²) in [5, 5.41) is 11.9. The van der Waals surface area contributed by atoms with E-state index in [-0.39, 0.29) is 5.91 Å². The van der Waals surface area contributed by atoms with Crippen LogP contribution in [0.3, 0.4) is 0 Å². The van der Waals surface area contributed by atoms with Crippen LogP contribution in [-0.2, 0) is 9.59 Å². The number of carbonyl (C=O) groups is 2. The van der Waals surface area contributed by atoms with Gasteiger partial charge in [-0.05, 0) is 24.5 Å². The zero-order valence-electron chi connectivity index (χ0n) is 11.8. The second-order valence-electron chi connectivity index (χ2n) is 5.53. The molecule has 2 N–H and O–H groups in total. The van der Waals surface area contributed by atoms with Crippen LogP contribution < -0.4 is 10.1 Å². The zero-order chi connectivity index (χ0) is 14.9. The third-order valence-electron chi connectivity index (χ3n) is 3.82. The molecule has 20 heavy (non-hydrogen) atoms. The van der Waals surface area contributed by atoms with Crippen molar-refractivity contribution in [3.05, 3.63) is 24.3 Å². The molecule has 1 fully saturated rings. The molecule has 0 spiro atoms. The molecular weight excluding hydrogens is 258 g/mol. The van der Waals surface area contributed by atoms with Gasteiger partial charge in [-0.25, -0.2) is 0 Å². The monoisotopic (exact) mass is 277 g/mol. The van der Waals surface area contributed by atoms with Crippen LogP contribution in [0, 0.1) is 17.3 Å². The van der Waals surface area contributed by atoms with E-state index < -0.39 is 23.2 Å². The number of amides is 1. The largest absolute Gasteiger partial charge is 0.492 e. The zero-order valence-corrected chi connectivity index (χ0v) is 11.8. The average molecular weight is 277 g/mol. The van der Waals surface area contributed by atoms with Crippen molar-refractivity contribution in [1.29, 1.82) is 0 Å². The minimum Gasteiger partial charge on any atom is -0.492 e. The van der Waals surface area contributed by atoms with Gasteiger partial charge < -0.3 is 15.2 Å². The molecule has 2 rings (SSSR count). The Bertz CT molecular complexity index is 538. The Balaban J connectivity index is 2.12. The average Bonchev–Trinajstić information content (AvgIpc) is 2.95. The molecule has 108 valence electrons. The standard InChI is InChI=1S/C15H19NO4/c1-4-20-10-8-6-5-7-9(10)16-13(17)11-12(14(18)19)15(11,2)3/h5-8,11-12H,4H2,1-3H3,(H,16,17)(H,18,19). The molecule has 0 radical (unpaired) electrons. The van der Waals surface area contributed by atoms with Crippen molar-refractivity contribution < 1.29 is 19.4 Å². The number of carboxylic acid groups (broad SMARTS) is 1. The number of ether oxygens (including phenoxy) is 1. The molecule has 1 amide bonds. The molecule has 1 saturated carbocycles.